The van der Waals surface area contributed by atoms with E-state index in [9.17, 15) is 0 Å². The lowest BCUT2D eigenvalue weighted by molar-refractivity contribution is 0.639. The van der Waals surface area contributed by atoms with Crippen LogP contribution in [0.2, 0.25) is 0 Å². The van der Waals surface area contributed by atoms with Crippen LogP contribution >= 0.6 is 45.3 Å². The number of aromatic nitrogens is 6. The van der Waals surface area contributed by atoms with Crippen LogP contribution in [0.25, 0.3) is 196 Å². The lowest BCUT2D eigenvalue weighted by Crippen LogP contribution is -2.13. The van der Waals surface area contributed by atoms with E-state index in [0.29, 0.717) is 55.7 Å². The van der Waals surface area contributed by atoms with Gasteiger partial charge in [0.2, 0.25) is 0 Å². The predicted octanol–water partition coefficient (Wildman–Crippen LogP) is 28.2. The molecule has 10 aromatic heterocycles. The topological polar surface area (TPSA) is 88.3 Å². The maximum Gasteiger partial charge on any atom is 0.678 e. The van der Waals surface area contributed by atoms with E-state index in [1.165, 1.54) is 26.1 Å². The van der Waals surface area contributed by atoms with Crippen LogP contribution < -0.4 is 0 Å². The number of hydrogen-bond donors (Lipinski definition) is 2. The quantitative estimate of drug-likeness (QED) is 0.117. The molecule has 17 aromatic rings. The fourth-order valence-electron chi connectivity index (χ4n) is 15.3. The molecular formula is C98H63BF2N6OS4. The predicted molar refractivity (Wildman–Crippen MR) is 473 cm³/mol. The Bertz CT molecular complexity index is 7290. The molecule has 0 fully saturated rings. The van der Waals surface area contributed by atoms with Gasteiger partial charge in [-0.2, -0.15) is 0 Å². The number of aromatic amines is 2. The van der Waals surface area contributed by atoms with Gasteiger partial charge >= 0.3 is 7.40 Å². The van der Waals surface area contributed by atoms with Crippen LogP contribution in [0.1, 0.15) is 62.0 Å². The number of furan rings is 1. The summed E-state index contributed by atoms with van der Waals surface area (Å²) < 4.78 is 49.5. The number of fused-ring (bicyclic) bond motifs is 26. The Kier molecular flexibility index (Phi) is 17.3. The number of rotatable bonds is 8. The van der Waals surface area contributed by atoms with Crippen molar-refractivity contribution >= 4 is 171 Å². The van der Waals surface area contributed by atoms with Gasteiger partial charge in [-0.1, -0.05) is 186 Å². The van der Waals surface area contributed by atoms with Crippen LogP contribution in [0, 0.1) is 32.6 Å². The number of nitrogens with one attached hydrogen (secondary N) is 2. The summed E-state index contributed by atoms with van der Waals surface area (Å²) in [6, 6.07) is 96.2. The van der Waals surface area contributed by atoms with E-state index in [1.807, 2.05) is 121 Å². The molecule has 0 aliphatic carbocycles. The maximum absolute atomic E-state index is 16.2. The van der Waals surface area contributed by atoms with Crippen molar-refractivity contribution in [1.29, 1.82) is 0 Å². The molecule has 22 bridgehead atoms. The number of thiophene rings is 4. The largest absolute Gasteiger partial charge is 0.678 e. The summed E-state index contributed by atoms with van der Waals surface area (Å²) in [5.41, 5.74) is 28.0. The number of benzene rings is 7. The van der Waals surface area contributed by atoms with Crippen molar-refractivity contribution in [2.24, 2.45) is 0 Å². The second-order valence-electron chi connectivity index (χ2n) is 28.1. The van der Waals surface area contributed by atoms with E-state index >= 15 is 8.63 Å². The highest BCUT2D eigenvalue weighted by Gasteiger charge is 2.26. The number of nitrogens with zero attached hydrogens (tertiary/aromatic N) is 4. The molecule has 112 heavy (non-hydrogen) atoms. The summed E-state index contributed by atoms with van der Waals surface area (Å²) in [5.74, 6) is 6.91. The van der Waals surface area contributed by atoms with E-state index in [0.717, 1.165) is 144 Å². The smallest absolute Gasteiger partial charge is 0.456 e. The van der Waals surface area contributed by atoms with Crippen molar-refractivity contribution in [3.8, 4) is 89.7 Å². The van der Waals surface area contributed by atoms with Crippen molar-refractivity contribution in [3.63, 3.8) is 0 Å². The summed E-state index contributed by atoms with van der Waals surface area (Å²) in [6.45, 7) is 6.39. The summed E-state index contributed by atoms with van der Waals surface area (Å²) >= 11 is 7.14. The van der Waals surface area contributed by atoms with Crippen LogP contribution in [-0.2, 0) is 0 Å². The average molecular weight is 1520 g/mol. The Morgan fingerprint density at radius 3 is 0.982 bits per heavy atom. The Labute approximate surface area is 660 Å². The van der Waals surface area contributed by atoms with Gasteiger partial charge in [0.25, 0.3) is 0 Å². The zero-order valence-electron chi connectivity index (χ0n) is 60.7. The summed E-state index contributed by atoms with van der Waals surface area (Å²) in [6.07, 6.45) is 12.6. The van der Waals surface area contributed by atoms with Gasteiger partial charge < -0.3 is 18.9 Å². The van der Waals surface area contributed by atoms with Gasteiger partial charge in [-0.3, -0.25) is 8.63 Å². The molecule has 2 N–H and O–H groups in total. The van der Waals surface area contributed by atoms with Crippen molar-refractivity contribution in [1.82, 2.24) is 29.4 Å². The molecule has 7 nitrogen and oxygen atoms in total. The third-order valence-corrected chi connectivity index (χ3v) is 25.7. The fourth-order valence-corrected chi connectivity index (χ4v) is 19.8. The van der Waals surface area contributed by atoms with E-state index in [-0.39, 0.29) is 0 Å². The van der Waals surface area contributed by atoms with Crippen molar-refractivity contribution < 1.29 is 13.0 Å². The average Bonchev–Trinajstić information content (AvgIpc) is 1.61. The van der Waals surface area contributed by atoms with Gasteiger partial charge in [-0.15, -0.1) is 45.3 Å². The van der Waals surface area contributed by atoms with Gasteiger partial charge in [0.15, 0.2) is 0 Å². The Morgan fingerprint density at radius 1 is 0.286 bits per heavy atom. The second-order valence-corrected chi connectivity index (χ2v) is 32.5. The highest BCUT2D eigenvalue weighted by atomic mass is 32.1. The Balaban J connectivity index is 0.720. The fraction of sp³-hybridized carbons (Fsp3) is 0.0306. The monoisotopic (exact) mass is 1520 g/mol. The SMILES string of the molecule is Cc1ccc(-c2c3nc(c(-c4ccc(C)cc4)c4ccc(s4)c4ccc(s4)c(-c4ccc(C#Cc5ccc(-c6c7nc(c8ccc([nH]8)c(-c8ccccc8)c8ccc(o8)c(-c8ccccc8)c8ccc([nH]8)c8ccc6n8B(F)F)C=C7)cc5)cc4)c4nc(c(-c5ccc(C)cc5)c5ccc(s5)c5ccc2s5)C=C4)C=C3)cc1. The molecule has 7 aromatic carbocycles. The molecule has 3 aliphatic rings. The van der Waals surface area contributed by atoms with Gasteiger partial charge in [0.05, 0.1) is 61.7 Å². The van der Waals surface area contributed by atoms with Crippen LogP contribution in [0.4, 0.5) is 8.63 Å². The lowest BCUT2D eigenvalue weighted by Gasteiger charge is -2.09. The Morgan fingerprint density at radius 2 is 0.589 bits per heavy atom. The standard InChI is InChI=1S/C98H63BF2N6OS4/c1-58-14-26-66(27-15-58)95-76-42-43-77(105-76)96(67-28-16-59(2)17-29-67)89-56-52-86(111-89)87-53-57-91(112-87)98(79-45-44-78(106-79)97(68-30-18-60(3)19-31-68)90-55-51-85(110-90)84-50-54-88(95)109-84)69-34-24-62(25-35-69)21-20-61-22-32-65(33-23-61)92-73-39-36-70(102-73)71-37-40-74(103-71)93(63-10-6-4-7-11-63)82-48-49-83(108-82)94(64-12-8-5-9-13-64)75-41-38-72(104-75)80-46-47-81(92)107(80)99(100)101/h4-19,22-57,103-104H,1-3H3. The minimum Gasteiger partial charge on any atom is -0.456 e. The molecule has 0 saturated heterocycles. The maximum atomic E-state index is 16.2. The number of hydrogen-bond acceptors (Lipinski definition) is 8. The normalized spacial score (nSPS) is 12.0. The van der Waals surface area contributed by atoms with Crippen LogP contribution in [0.3, 0.4) is 0 Å². The molecule has 13 heterocycles. The second kappa shape index (κ2) is 28.4. The van der Waals surface area contributed by atoms with Crippen LogP contribution in [0.5, 0.6) is 0 Å². The molecule has 14 heteroatoms. The summed E-state index contributed by atoms with van der Waals surface area (Å²) in [4.78, 5) is 23.7. The van der Waals surface area contributed by atoms with E-state index in [1.54, 1.807) is 57.5 Å². The third-order valence-electron chi connectivity index (χ3n) is 20.9. The van der Waals surface area contributed by atoms with Crippen molar-refractivity contribution in [3.05, 3.63) is 341 Å². The summed E-state index contributed by atoms with van der Waals surface area (Å²) in [5, 5.41) is 0. The molecule has 0 radical (unpaired) electrons. The number of H-pyrrole nitrogens is 2. The summed E-state index contributed by atoms with van der Waals surface area (Å²) in [7, 11) is -2.92. The molecule has 0 atom stereocenters. The first-order chi connectivity index (χ1) is 55.0. The molecule has 0 unspecified atom stereocenters. The molecule has 3 aliphatic heterocycles. The third kappa shape index (κ3) is 12.7. The van der Waals surface area contributed by atoms with E-state index in [4.69, 9.17) is 19.4 Å². The first-order valence-electron chi connectivity index (χ1n) is 37.0. The number of aryl methyl sites for hydroxylation is 3. The number of halogens is 2. The van der Waals surface area contributed by atoms with Gasteiger partial charge in [-0.25, -0.2) is 15.0 Å². The molecule has 0 spiro atoms. The van der Waals surface area contributed by atoms with Gasteiger partial charge in [0.1, 0.15) is 11.2 Å². The molecule has 0 amide bonds. The minimum atomic E-state index is -2.92. The minimum absolute atomic E-state index is 0.303. The molecule has 20 rings (SSSR count). The molecular weight excluding hydrogens is 1450 g/mol. The molecule has 532 valence electrons. The zero-order valence-corrected chi connectivity index (χ0v) is 64.0. The van der Waals surface area contributed by atoms with Crippen LogP contribution in [0.15, 0.2) is 283 Å². The lowest BCUT2D eigenvalue weighted by atomic mass is 10.0. The zero-order chi connectivity index (χ0) is 75.1. The van der Waals surface area contributed by atoms with Crippen molar-refractivity contribution in [2.45, 2.75) is 20.8 Å². The van der Waals surface area contributed by atoms with Crippen LogP contribution in [-0.4, -0.2) is 36.8 Å². The van der Waals surface area contributed by atoms with E-state index < -0.39 is 7.40 Å². The first kappa shape index (κ1) is 68.2. The molecule has 0 saturated carbocycles. The van der Waals surface area contributed by atoms with Gasteiger partial charge in [0, 0.05) is 93.2 Å². The van der Waals surface area contributed by atoms with Gasteiger partial charge in [-0.05, 0) is 217 Å². The highest BCUT2D eigenvalue weighted by Crippen LogP contribution is 2.45. The van der Waals surface area contributed by atoms with Crippen molar-refractivity contribution in [2.75, 3.05) is 0 Å². The first-order valence-corrected chi connectivity index (χ1v) is 40.2. The van der Waals surface area contributed by atoms with E-state index in [2.05, 4.69) is 225 Å². The highest BCUT2D eigenvalue weighted by molar-refractivity contribution is 7.31. The Hall–Kier alpha value is -13.1.